The van der Waals surface area contributed by atoms with Crippen LogP contribution in [0.1, 0.15) is 29.9 Å². The fraction of sp³-hybridized carbons (Fsp3) is 0.333. The van der Waals surface area contributed by atoms with Gasteiger partial charge in [0.2, 0.25) is 0 Å². The Balaban J connectivity index is 1.56. The fourth-order valence-electron chi connectivity index (χ4n) is 2.77. The molecule has 0 saturated carbocycles. The lowest BCUT2D eigenvalue weighted by Gasteiger charge is -2.19. The summed E-state index contributed by atoms with van der Waals surface area (Å²) in [5, 5.41) is 5.35. The number of nitrogens with one attached hydrogen (secondary N) is 1. The molecule has 2 aromatic heterocycles. The van der Waals surface area contributed by atoms with Crippen LogP contribution in [0.4, 0.5) is 0 Å². The second-order valence-electron chi connectivity index (χ2n) is 6.18. The normalized spacial score (nSPS) is 11.0. The van der Waals surface area contributed by atoms with Gasteiger partial charge in [0, 0.05) is 24.0 Å². The zero-order valence-electron chi connectivity index (χ0n) is 16.2. The van der Waals surface area contributed by atoms with Crippen molar-refractivity contribution in [3.05, 3.63) is 59.3 Å². The van der Waals surface area contributed by atoms with Crippen molar-refractivity contribution in [2.75, 3.05) is 26.2 Å². The van der Waals surface area contributed by atoms with Crippen LogP contribution in [0.2, 0.25) is 0 Å². The highest BCUT2D eigenvalue weighted by Gasteiger charge is 2.14. The first-order chi connectivity index (χ1) is 13.7. The Morgan fingerprint density at radius 1 is 1.21 bits per heavy atom. The van der Waals surface area contributed by atoms with Crippen LogP contribution < -0.4 is 10.1 Å². The number of ether oxygens (including phenoxy) is 1. The Bertz CT molecular complexity index is 873. The summed E-state index contributed by atoms with van der Waals surface area (Å²) in [5.74, 6) is 1.24. The maximum absolute atomic E-state index is 12.4. The van der Waals surface area contributed by atoms with E-state index in [2.05, 4.69) is 29.0 Å². The van der Waals surface area contributed by atoms with Crippen LogP contribution in [0, 0.1) is 0 Å². The summed E-state index contributed by atoms with van der Waals surface area (Å²) in [6.45, 7) is 8.17. The van der Waals surface area contributed by atoms with Crippen LogP contribution in [0.3, 0.4) is 0 Å². The molecule has 0 aliphatic heterocycles. The molecule has 1 aromatic carbocycles. The highest BCUT2D eigenvalue weighted by atomic mass is 32.1. The van der Waals surface area contributed by atoms with Gasteiger partial charge in [-0.25, -0.2) is 4.98 Å². The third kappa shape index (κ3) is 5.21. The van der Waals surface area contributed by atoms with Gasteiger partial charge in [-0.2, -0.15) is 0 Å². The van der Waals surface area contributed by atoms with E-state index in [0.717, 1.165) is 30.9 Å². The molecule has 0 aliphatic rings. The van der Waals surface area contributed by atoms with E-state index < -0.39 is 0 Å². The van der Waals surface area contributed by atoms with Gasteiger partial charge in [0.1, 0.15) is 18.1 Å². The molecule has 3 aromatic rings. The number of carbonyl (C=O) groups is 1. The highest BCUT2D eigenvalue weighted by molar-refractivity contribution is 7.13. The van der Waals surface area contributed by atoms with Gasteiger partial charge >= 0.3 is 0 Å². The molecule has 0 saturated heterocycles. The molecule has 148 valence electrons. The predicted molar refractivity (Wildman–Crippen MR) is 111 cm³/mol. The molecule has 0 fully saturated rings. The van der Waals surface area contributed by atoms with Crippen molar-refractivity contribution in [3.8, 4) is 16.5 Å². The van der Waals surface area contributed by atoms with Crippen molar-refractivity contribution in [3.63, 3.8) is 0 Å². The summed E-state index contributed by atoms with van der Waals surface area (Å²) in [7, 11) is 0. The molecule has 0 atom stereocenters. The van der Waals surface area contributed by atoms with E-state index in [1.165, 1.54) is 11.3 Å². The number of nitrogens with zero attached hydrogens (tertiary/aromatic N) is 2. The SMILES string of the molecule is CCN(CC)CCOc1ccccc1CNC(=O)c1csc(-c2ccco2)n1. The summed E-state index contributed by atoms with van der Waals surface area (Å²) in [6, 6.07) is 11.4. The van der Waals surface area contributed by atoms with Gasteiger partial charge in [-0.1, -0.05) is 32.0 Å². The zero-order valence-corrected chi connectivity index (χ0v) is 17.0. The molecular formula is C21H25N3O3S. The Kier molecular flexibility index (Phi) is 7.22. The summed E-state index contributed by atoms with van der Waals surface area (Å²) < 4.78 is 11.3. The molecule has 1 N–H and O–H groups in total. The summed E-state index contributed by atoms with van der Waals surface area (Å²) >= 11 is 1.38. The number of benzene rings is 1. The first-order valence-corrected chi connectivity index (χ1v) is 10.3. The molecule has 0 radical (unpaired) electrons. The second-order valence-corrected chi connectivity index (χ2v) is 7.04. The maximum atomic E-state index is 12.4. The van der Waals surface area contributed by atoms with E-state index in [9.17, 15) is 4.79 Å². The van der Waals surface area contributed by atoms with Crippen LogP contribution in [0.15, 0.2) is 52.5 Å². The molecule has 0 spiro atoms. The largest absolute Gasteiger partial charge is 0.492 e. The number of hydrogen-bond donors (Lipinski definition) is 1. The van der Waals surface area contributed by atoms with Crippen LogP contribution in [0.5, 0.6) is 5.75 Å². The third-order valence-electron chi connectivity index (χ3n) is 4.44. The predicted octanol–water partition coefficient (Wildman–Crippen LogP) is 4.05. The van der Waals surface area contributed by atoms with E-state index in [1.807, 2.05) is 30.3 Å². The first-order valence-electron chi connectivity index (χ1n) is 9.42. The van der Waals surface area contributed by atoms with Crippen LogP contribution >= 0.6 is 11.3 Å². The highest BCUT2D eigenvalue weighted by Crippen LogP contribution is 2.24. The number of carbonyl (C=O) groups excluding carboxylic acids is 1. The molecule has 0 aliphatic carbocycles. The monoisotopic (exact) mass is 399 g/mol. The standard InChI is InChI=1S/C21H25N3O3S/c1-3-24(4-2)11-13-27-18-9-6-5-8-16(18)14-22-20(25)17-15-28-21(23-17)19-10-7-12-26-19/h5-10,12,15H,3-4,11,13-14H2,1-2H3,(H,22,25). The minimum Gasteiger partial charge on any atom is -0.492 e. The number of amides is 1. The molecule has 7 heteroatoms. The van der Waals surface area contributed by atoms with Crippen molar-refractivity contribution < 1.29 is 13.9 Å². The van der Waals surface area contributed by atoms with Gasteiger partial charge in [0.05, 0.1) is 6.26 Å². The van der Waals surface area contributed by atoms with Crippen LogP contribution in [-0.4, -0.2) is 42.0 Å². The Morgan fingerprint density at radius 2 is 2.04 bits per heavy atom. The number of hydrogen-bond acceptors (Lipinski definition) is 6. The average Bonchev–Trinajstić information content (AvgIpc) is 3.42. The lowest BCUT2D eigenvalue weighted by Crippen LogP contribution is -2.28. The topological polar surface area (TPSA) is 67.6 Å². The van der Waals surface area contributed by atoms with E-state index in [0.29, 0.717) is 29.6 Å². The third-order valence-corrected chi connectivity index (χ3v) is 5.30. The van der Waals surface area contributed by atoms with Gasteiger partial charge in [-0.3, -0.25) is 4.79 Å². The van der Waals surface area contributed by atoms with Crippen molar-refractivity contribution >= 4 is 17.2 Å². The summed E-state index contributed by atoms with van der Waals surface area (Å²) in [5.41, 5.74) is 1.33. The number of thiazole rings is 1. The van der Waals surface area contributed by atoms with Gasteiger partial charge in [0.25, 0.3) is 5.91 Å². The van der Waals surface area contributed by atoms with Crippen LogP contribution in [0.25, 0.3) is 10.8 Å². The second kappa shape index (κ2) is 10.1. The van der Waals surface area contributed by atoms with E-state index in [-0.39, 0.29) is 5.91 Å². The molecule has 6 nitrogen and oxygen atoms in total. The zero-order chi connectivity index (χ0) is 19.8. The van der Waals surface area contributed by atoms with Gasteiger partial charge < -0.3 is 19.4 Å². The molecule has 28 heavy (non-hydrogen) atoms. The fourth-order valence-corrected chi connectivity index (χ4v) is 3.54. The Labute approximate surface area is 169 Å². The molecule has 0 bridgehead atoms. The number of likely N-dealkylation sites (N-methyl/N-ethyl adjacent to an activating group) is 1. The van der Waals surface area contributed by atoms with Crippen molar-refractivity contribution in [1.82, 2.24) is 15.2 Å². The van der Waals surface area contributed by atoms with Gasteiger partial charge in [0.15, 0.2) is 10.8 Å². The maximum Gasteiger partial charge on any atom is 0.271 e. The summed E-state index contributed by atoms with van der Waals surface area (Å²) in [4.78, 5) is 19.1. The van der Waals surface area contributed by atoms with Crippen molar-refractivity contribution in [2.45, 2.75) is 20.4 Å². The number of para-hydroxylation sites is 1. The lowest BCUT2D eigenvalue weighted by molar-refractivity contribution is 0.0946. The molecule has 2 heterocycles. The molecule has 1 amide bonds. The molecular weight excluding hydrogens is 374 g/mol. The number of aromatic nitrogens is 1. The van der Waals surface area contributed by atoms with E-state index in [1.54, 1.807) is 17.7 Å². The smallest absolute Gasteiger partial charge is 0.271 e. The van der Waals surface area contributed by atoms with Gasteiger partial charge in [-0.15, -0.1) is 11.3 Å². The van der Waals surface area contributed by atoms with Crippen LogP contribution in [-0.2, 0) is 6.54 Å². The molecule has 0 unspecified atom stereocenters. The molecule has 3 rings (SSSR count). The quantitative estimate of drug-likeness (QED) is 0.557. The van der Waals surface area contributed by atoms with E-state index in [4.69, 9.17) is 9.15 Å². The minimum absolute atomic E-state index is 0.216. The van der Waals surface area contributed by atoms with Crippen molar-refractivity contribution in [1.29, 1.82) is 0 Å². The van der Waals surface area contributed by atoms with Crippen molar-refractivity contribution in [2.24, 2.45) is 0 Å². The minimum atomic E-state index is -0.216. The van der Waals surface area contributed by atoms with E-state index >= 15 is 0 Å². The summed E-state index contributed by atoms with van der Waals surface area (Å²) in [6.07, 6.45) is 1.59. The van der Waals surface area contributed by atoms with Gasteiger partial charge in [-0.05, 0) is 31.3 Å². The lowest BCUT2D eigenvalue weighted by atomic mass is 10.2. The Morgan fingerprint density at radius 3 is 2.79 bits per heavy atom. The number of rotatable bonds is 10. The number of furan rings is 1. The Hall–Kier alpha value is -2.64. The first kappa shape index (κ1) is 20.1. The average molecular weight is 400 g/mol.